The molecule has 0 aliphatic carbocycles. The van der Waals surface area contributed by atoms with Crippen LogP contribution in [0.2, 0.25) is 0 Å². The van der Waals surface area contributed by atoms with Crippen LogP contribution in [0.5, 0.6) is 0 Å². The lowest BCUT2D eigenvalue weighted by Crippen LogP contribution is -2.36. The number of halogens is 2. The van der Waals surface area contributed by atoms with E-state index < -0.39 is 17.2 Å². The molecule has 0 heterocycles. The summed E-state index contributed by atoms with van der Waals surface area (Å²) in [4.78, 5) is 0. The molecule has 2 aromatic rings. The van der Waals surface area contributed by atoms with Crippen LogP contribution in [0.1, 0.15) is 18.1 Å². The number of hydrogen-bond acceptors (Lipinski definition) is 1. The van der Waals surface area contributed by atoms with Crippen molar-refractivity contribution in [2.45, 2.75) is 18.9 Å². The van der Waals surface area contributed by atoms with E-state index in [9.17, 15) is 8.78 Å². The fourth-order valence-corrected chi connectivity index (χ4v) is 2.05. The molecule has 0 bridgehead atoms. The molecule has 2 N–H and O–H groups in total. The predicted octanol–water partition coefficient (Wildman–Crippen LogP) is 3.38. The van der Waals surface area contributed by atoms with Gasteiger partial charge >= 0.3 is 0 Å². The van der Waals surface area contributed by atoms with Crippen molar-refractivity contribution < 1.29 is 8.78 Å². The molecule has 0 aliphatic heterocycles. The summed E-state index contributed by atoms with van der Waals surface area (Å²) < 4.78 is 26.9. The van der Waals surface area contributed by atoms with Crippen LogP contribution >= 0.6 is 0 Å². The van der Waals surface area contributed by atoms with Crippen LogP contribution in [0.25, 0.3) is 0 Å². The summed E-state index contributed by atoms with van der Waals surface area (Å²) in [6, 6.07) is 12.9. The topological polar surface area (TPSA) is 26.0 Å². The Morgan fingerprint density at radius 1 is 1.06 bits per heavy atom. The molecular formula is C15H15F2N. The fraction of sp³-hybridized carbons (Fsp3) is 0.200. The van der Waals surface area contributed by atoms with E-state index in [1.165, 1.54) is 0 Å². The van der Waals surface area contributed by atoms with Crippen molar-refractivity contribution in [1.29, 1.82) is 0 Å². The number of nitrogens with two attached hydrogens (primary N) is 1. The van der Waals surface area contributed by atoms with Gasteiger partial charge in [0.2, 0.25) is 0 Å². The molecule has 0 radical (unpaired) electrons. The minimum atomic E-state index is -0.937. The highest BCUT2D eigenvalue weighted by molar-refractivity contribution is 5.29. The Labute approximate surface area is 105 Å². The molecule has 0 amide bonds. The minimum absolute atomic E-state index is 0.200. The van der Waals surface area contributed by atoms with Crippen LogP contribution in [0, 0.1) is 11.6 Å². The van der Waals surface area contributed by atoms with Gasteiger partial charge in [-0.2, -0.15) is 0 Å². The molecule has 0 spiro atoms. The van der Waals surface area contributed by atoms with Crippen LogP contribution in [0.3, 0.4) is 0 Å². The summed E-state index contributed by atoms with van der Waals surface area (Å²) in [5, 5.41) is 0. The molecule has 18 heavy (non-hydrogen) atoms. The molecule has 1 atom stereocenters. The van der Waals surface area contributed by atoms with Crippen molar-refractivity contribution in [2.75, 3.05) is 0 Å². The first-order valence-corrected chi connectivity index (χ1v) is 5.77. The molecule has 1 unspecified atom stereocenters. The molecule has 0 saturated carbocycles. The van der Waals surface area contributed by atoms with Gasteiger partial charge in [0.1, 0.15) is 11.6 Å². The van der Waals surface area contributed by atoms with Gasteiger partial charge in [-0.1, -0.05) is 30.3 Å². The quantitative estimate of drug-likeness (QED) is 0.884. The minimum Gasteiger partial charge on any atom is -0.321 e. The summed E-state index contributed by atoms with van der Waals surface area (Å²) in [6.07, 6.45) is 0.453. The second-order valence-electron chi connectivity index (χ2n) is 4.70. The summed E-state index contributed by atoms with van der Waals surface area (Å²) in [5.41, 5.74) is 6.39. The first-order chi connectivity index (χ1) is 8.49. The third-order valence-electron chi connectivity index (χ3n) is 2.96. The van der Waals surface area contributed by atoms with Crippen molar-refractivity contribution in [1.82, 2.24) is 0 Å². The summed E-state index contributed by atoms with van der Waals surface area (Å²) >= 11 is 0. The van der Waals surface area contributed by atoms with Gasteiger partial charge in [-0.25, -0.2) is 8.78 Å². The number of hydrogen-bond donors (Lipinski definition) is 1. The van der Waals surface area contributed by atoms with E-state index >= 15 is 0 Å². The zero-order valence-electron chi connectivity index (χ0n) is 10.2. The largest absolute Gasteiger partial charge is 0.321 e. The van der Waals surface area contributed by atoms with Gasteiger partial charge in [-0.05, 0) is 37.1 Å². The van der Waals surface area contributed by atoms with E-state index in [0.717, 1.165) is 23.8 Å². The third-order valence-corrected chi connectivity index (χ3v) is 2.96. The second-order valence-corrected chi connectivity index (χ2v) is 4.70. The van der Waals surface area contributed by atoms with E-state index in [0.29, 0.717) is 6.42 Å². The molecule has 1 nitrogen and oxygen atoms in total. The van der Waals surface area contributed by atoms with Crippen LogP contribution in [0.15, 0.2) is 48.5 Å². The van der Waals surface area contributed by atoms with Gasteiger partial charge in [-0.15, -0.1) is 0 Å². The van der Waals surface area contributed by atoms with Gasteiger partial charge in [0.25, 0.3) is 0 Å². The smallest absolute Gasteiger partial charge is 0.128 e. The third kappa shape index (κ3) is 2.74. The monoisotopic (exact) mass is 247 g/mol. The summed E-state index contributed by atoms with van der Waals surface area (Å²) in [7, 11) is 0. The maximum absolute atomic E-state index is 13.7. The van der Waals surface area contributed by atoms with Gasteiger partial charge in [-0.3, -0.25) is 0 Å². The Hall–Kier alpha value is -1.74. The maximum Gasteiger partial charge on any atom is 0.128 e. The van der Waals surface area contributed by atoms with E-state index in [4.69, 9.17) is 5.73 Å². The molecule has 0 aromatic heterocycles. The average molecular weight is 247 g/mol. The molecule has 2 aromatic carbocycles. The fourth-order valence-electron chi connectivity index (χ4n) is 2.05. The van der Waals surface area contributed by atoms with Gasteiger partial charge in [0, 0.05) is 11.1 Å². The lowest BCUT2D eigenvalue weighted by Gasteiger charge is -2.26. The van der Waals surface area contributed by atoms with Crippen molar-refractivity contribution in [2.24, 2.45) is 5.73 Å². The van der Waals surface area contributed by atoms with E-state index in [2.05, 4.69) is 0 Å². The molecule has 3 heteroatoms. The zero-order valence-corrected chi connectivity index (χ0v) is 10.2. The SMILES string of the molecule is CC(N)(Cc1ccccc1)c1cc(F)ccc1F. The van der Waals surface area contributed by atoms with Crippen LogP contribution in [-0.4, -0.2) is 0 Å². The van der Waals surface area contributed by atoms with E-state index in [1.807, 2.05) is 30.3 Å². The van der Waals surface area contributed by atoms with Crippen molar-refractivity contribution in [3.63, 3.8) is 0 Å². The van der Waals surface area contributed by atoms with Gasteiger partial charge < -0.3 is 5.73 Å². The van der Waals surface area contributed by atoms with Crippen LogP contribution < -0.4 is 5.73 Å². The highest BCUT2D eigenvalue weighted by Gasteiger charge is 2.25. The summed E-state index contributed by atoms with van der Waals surface area (Å²) in [6.45, 7) is 1.71. The van der Waals surface area contributed by atoms with Crippen molar-refractivity contribution in [3.05, 3.63) is 71.3 Å². The molecular weight excluding hydrogens is 232 g/mol. The Bertz CT molecular complexity index is 535. The van der Waals surface area contributed by atoms with Crippen LogP contribution in [0.4, 0.5) is 8.78 Å². The Morgan fingerprint density at radius 3 is 2.39 bits per heavy atom. The molecule has 2 rings (SSSR count). The Kier molecular flexibility index (Phi) is 3.43. The average Bonchev–Trinajstić information content (AvgIpc) is 2.33. The van der Waals surface area contributed by atoms with Gasteiger partial charge in [0.05, 0.1) is 0 Å². The molecule has 0 fully saturated rings. The Balaban J connectivity index is 2.33. The predicted molar refractivity (Wildman–Crippen MR) is 68.0 cm³/mol. The Morgan fingerprint density at radius 2 is 1.72 bits per heavy atom. The maximum atomic E-state index is 13.7. The number of benzene rings is 2. The molecule has 0 saturated heterocycles. The highest BCUT2D eigenvalue weighted by atomic mass is 19.1. The molecule has 0 aliphatic rings. The first-order valence-electron chi connectivity index (χ1n) is 5.77. The first kappa shape index (κ1) is 12.7. The van der Waals surface area contributed by atoms with E-state index in [-0.39, 0.29) is 5.56 Å². The standard InChI is InChI=1S/C15H15F2N/c1-15(18,10-11-5-3-2-4-6-11)13-9-12(16)7-8-14(13)17/h2-9H,10,18H2,1H3. The lowest BCUT2D eigenvalue weighted by molar-refractivity contribution is 0.451. The summed E-state index contributed by atoms with van der Waals surface area (Å²) in [5.74, 6) is -0.950. The number of rotatable bonds is 3. The lowest BCUT2D eigenvalue weighted by atomic mass is 9.86. The van der Waals surface area contributed by atoms with E-state index in [1.54, 1.807) is 6.92 Å². The zero-order chi connectivity index (χ0) is 13.2. The van der Waals surface area contributed by atoms with Gasteiger partial charge in [0.15, 0.2) is 0 Å². The van der Waals surface area contributed by atoms with Crippen LogP contribution in [-0.2, 0) is 12.0 Å². The molecule has 94 valence electrons. The van der Waals surface area contributed by atoms with Crippen molar-refractivity contribution >= 4 is 0 Å². The normalized spacial score (nSPS) is 14.2. The highest BCUT2D eigenvalue weighted by Crippen LogP contribution is 2.25. The second kappa shape index (κ2) is 4.86. The van der Waals surface area contributed by atoms with Crippen molar-refractivity contribution in [3.8, 4) is 0 Å².